The van der Waals surface area contributed by atoms with Crippen molar-refractivity contribution in [1.29, 1.82) is 0 Å². The Bertz CT molecular complexity index is 940. The van der Waals surface area contributed by atoms with Crippen molar-refractivity contribution in [2.45, 2.75) is 0 Å². The molecule has 3 aromatic rings. The molecule has 8 heteroatoms. The summed E-state index contributed by atoms with van der Waals surface area (Å²) in [6.45, 7) is -0.113. The summed E-state index contributed by atoms with van der Waals surface area (Å²) in [6, 6.07) is 12.6. The second-order valence-electron chi connectivity index (χ2n) is 5.62. The number of thiazole rings is 1. The molecule has 0 aliphatic rings. The van der Waals surface area contributed by atoms with E-state index in [2.05, 4.69) is 10.3 Å². The molecule has 2 aromatic carbocycles. The quantitative estimate of drug-likeness (QED) is 0.619. The molecular weight excluding hydrogens is 380 g/mol. The molecular formula is C20H20N2O5S. The van der Waals surface area contributed by atoms with Gasteiger partial charge in [0.15, 0.2) is 23.2 Å². The van der Waals surface area contributed by atoms with Crippen molar-refractivity contribution in [3.05, 3.63) is 47.8 Å². The summed E-state index contributed by atoms with van der Waals surface area (Å²) in [5.41, 5.74) is 1.60. The zero-order valence-electron chi connectivity index (χ0n) is 15.7. The Morgan fingerprint density at radius 2 is 1.68 bits per heavy atom. The first-order chi connectivity index (χ1) is 13.6. The Balaban J connectivity index is 1.60. The zero-order chi connectivity index (χ0) is 19.9. The van der Waals surface area contributed by atoms with Crippen molar-refractivity contribution >= 4 is 22.4 Å². The fraction of sp³-hybridized carbons (Fsp3) is 0.200. The van der Waals surface area contributed by atoms with Gasteiger partial charge in [0, 0.05) is 10.9 Å². The number of rotatable bonds is 8. The largest absolute Gasteiger partial charge is 0.497 e. The van der Waals surface area contributed by atoms with E-state index >= 15 is 0 Å². The second kappa shape index (κ2) is 9.09. The van der Waals surface area contributed by atoms with E-state index in [1.807, 2.05) is 23.6 Å². The molecule has 0 atom stereocenters. The maximum absolute atomic E-state index is 12.1. The smallest absolute Gasteiger partial charge is 0.264 e. The first-order valence-corrected chi connectivity index (χ1v) is 9.25. The number of ether oxygens (including phenoxy) is 4. The number of nitrogens with zero attached hydrogens (tertiary/aromatic N) is 1. The molecule has 7 nitrogen and oxygen atoms in total. The van der Waals surface area contributed by atoms with Crippen LogP contribution in [0.5, 0.6) is 23.0 Å². The van der Waals surface area contributed by atoms with E-state index in [0.717, 1.165) is 17.0 Å². The SMILES string of the molecule is COc1ccc(OCC(=O)Nc2nc(-c3ccc(OC)c(OC)c3)cs2)cc1. The summed E-state index contributed by atoms with van der Waals surface area (Å²) in [4.78, 5) is 16.6. The van der Waals surface area contributed by atoms with E-state index in [-0.39, 0.29) is 12.5 Å². The van der Waals surface area contributed by atoms with Crippen molar-refractivity contribution in [1.82, 2.24) is 4.98 Å². The topological polar surface area (TPSA) is 78.9 Å². The van der Waals surface area contributed by atoms with Crippen LogP contribution in [0.3, 0.4) is 0 Å². The lowest BCUT2D eigenvalue weighted by molar-refractivity contribution is -0.118. The lowest BCUT2D eigenvalue weighted by Gasteiger charge is -2.08. The predicted molar refractivity (Wildman–Crippen MR) is 108 cm³/mol. The molecule has 0 aliphatic carbocycles. The molecule has 0 radical (unpaired) electrons. The third-order valence-corrected chi connectivity index (χ3v) is 4.62. The predicted octanol–water partition coefficient (Wildman–Crippen LogP) is 3.85. The molecule has 0 bridgehead atoms. The van der Waals surface area contributed by atoms with Gasteiger partial charge >= 0.3 is 0 Å². The summed E-state index contributed by atoms with van der Waals surface area (Å²) in [7, 11) is 4.76. The van der Waals surface area contributed by atoms with Gasteiger partial charge in [-0.25, -0.2) is 4.98 Å². The number of carbonyl (C=O) groups excluding carboxylic acids is 1. The second-order valence-corrected chi connectivity index (χ2v) is 6.48. The average Bonchev–Trinajstić information content (AvgIpc) is 3.20. The van der Waals surface area contributed by atoms with Crippen LogP contribution in [-0.4, -0.2) is 38.8 Å². The first-order valence-electron chi connectivity index (χ1n) is 8.37. The van der Waals surface area contributed by atoms with Crippen molar-refractivity contribution in [3.8, 4) is 34.3 Å². The van der Waals surface area contributed by atoms with Crippen LogP contribution in [0.1, 0.15) is 0 Å². The Hall–Kier alpha value is -3.26. The van der Waals surface area contributed by atoms with E-state index < -0.39 is 0 Å². The number of aromatic nitrogens is 1. The molecule has 1 aromatic heterocycles. The molecule has 3 rings (SSSR count). The molecule has 1 N–H and O–H groups in total. The fourth-order valence-electron chi connectivity index (χ4n) is 2.44. The van der Waals surface area contributed by atoms with Crippen LogP contribution < -0.4 is 24.3 Å². The highest BCUT2D eigenvalue weighted by Gasteiger charge is 2.11. The van der Waals surface area contributed by atoms with Crippen molar-refractivity contribution in [2.24, 2.45) is 0 Å². The van der Waals surface area contributed by atoms with Crippen LogP contribution in [0.25, 0.3) is 11.3 Å². The van der Waals surface area contributed by atoms with Gasteiger partial charge in [-0.3, -0.25) is 10.1 Å². The summed E-state index contributed by atoms with van der Waals surface area (Å²) in [5, 5.41) is 5.09. The minimum absolute atomic E-state index is 0.113. The first kappa shape index (κ1) is 19.5. The molecule has 0 fully saturated rings. The van der Waals surface area contributed by atoms with Crippen molar-refractivity contribution in [3.63, 3.8) is 0 Å². The van der Waals surface area contributed by atoms with Gasteiger partial charge in [-0.1, -0.05) is 0 Å². The minimum atomic E-state index is -0.288. The van der Waals surface area contributed by atoms with Crippen LogP contribution in [-0.2, 0) is 4.79 Å². The van der Waals surface area contributed by atoms with Gasteiger partial charge in [0.25, 0.3) is 5.91 Å². The molecule has 1 heterocycles. The molecule has 146 valence electrons. The fourth-order valence-corrected chi connectivity index (χ4v) is 3.17. The van der Waals surface area contributed by atoms with E-state index in [4.69, 9.17) is 18.9 Å². The highest BCUT2D eigenvalue weighted by molar-refractivity contribution is 7.14. The number of anilines is 1. The normalized spacial score (nSPS) is 10.2. The maximum Gasteiger partial charge on any atom is 0.264 e. The number of carbonyl (C=O) groups is 1. The van der Waals surface area contributed by atoms with E-state index in [9.17, 15) is 4.79 Å². The van der Waals surface area contributed by atoms with Crippen LogP contribution >= 0.6 is 11.3 Å². The molecule has 0 aliphatic heterocycles. The maximum atomic E-state index is 12.1. The van der Waals surface area contributed by atoms with Gasteiger partial charge < -0.3 is 18.9 Å². The van der Waals surface area contributed by atoms with Crippen LogP contribution in [0.15, 0.2) is 47.8 Å². The Labute approximate surface area is 166 Å². The number of amides is 1. The third-order valence-electron chi connectivity index (χ3n) is 3.86. The zero-order valence-corrected chi connectivity index (χ0v) is 16.5. The summed E-state index contributed by atoms with van der Waals surface area (Å²) in [5.74, 6) is 2.28. The van der Waals surface area contributed by atoms with Crippen LogP contribution in [0.2, 0.25) is 0 Å². The van der Waals surface area contributed by atoms with Gasteiger partial charge in [0.1, 0.15) is 11.5 Å². The number of hydrogen-bond donors (Lipinski definition) is 1. The highest BCUT2D eigenvalue weighted by atomic mass is 32.1. The van der Waals surface area contributed by atoms with Crippen molar-refractivity contribution < 1.29 is 23.7 Å². The number of benzene rings is 2. The van der Waals surface area contributed by atoms with Crippen LogP contribution in [0.4, 0.5) is 5.13 Å². The Morgan fingerprint density at radius 3 is 2.36 bits per heavy atom. The summed E-state index contributed by atoms with van der Waals surface area (Å²) >= 11 is 1.34. The number of nitrogens with one attached hydrogen (secondary N) is 1. The lowest BCUT2D eigenvalue weighted by Crippen LogP contribution is -2.20. The van der Waals surface area contributed by atoms with E-state index in [1.54, 1.807) is 45.6 Å². The number of methoxy groups -OCH3 is 3. The molecule has 1 amide bonds. The highest BCUT2D eigenvalue weighted by Crippen LogP contribution is 2.33. The number of hydrogen-bond acceptors (Lipinski definition) is 7. The van der Waals surface area contributed by atoms with Gasteiger partial charge in [0.2, 0.25) is 0 Å². The molecule has 0 spiro atoms. The lowest BCUT2D eigenvalue weighted by atomic mass is 10.1. The van der Waals surface area contributed by atoms with Crippen LogP contribution in [0, 0.1) is 0 Å². The average molecular weight is 400 g/mol. The van der Waals surface area contributed by atoms with Gasteiger partial charge in [-0.15, -0.1) is 11.3 Å². The summed E-state index contributed by atoms with van der Waals surface area (Å²) in [6.07, 6.45) is 0. The van der Waals surface area contributed by atoms with E-state index in [0.29, 0.717) is 22.4 Å². The van der Waals surface area contributed by atoms with Gasteiger partial charge in [-0.2, -0.15) is 0 Å². The van der Waals surface area contributed by atoms with Gasteiger partial charge in [0.05, 0.1) is 27.0 Å². The standard InChI is InChI=1S/C20H20N2O5S/c1-24-14-5-7-15(8-6-14)27-11-19(23)22-20-21-16(12-28-20)13-4-9-17(25-2)18(10-13)26-3/h4-10,12H,11H2,1-3H3,(H,21,22,23). The summed E-state index contributed by atoms with van der Waals surface area (Å²) < 4.78 is 21.1. The Kier molecular flexibility index (Phi) is 6.33. The molecule has 0 unspecified atom stereocenters. The minimum Gasteiger partial charge on any atom is -0.497 e. The van der Waals surface area contributed by atoms with Crippen molar-refractivity contribution in [2.75, 3.05) is 33.3 Å². The van der Waals surface area contributed by atoms with Gasteiger partial charge in [-0.05, 0) is 42.5 Å². The Morgan fingerprint density at radius 1 is 0.964 bits per heavy atom. The monoisotopic (exact) mass is 400 g/mol. The molecule has 0 saturated heterocycles. The molecule has 28 heavy (non-hydrogen) atoms. The van der Waals surface area contributed by atoms with E-state index in [1.165, 1.54) is 11.3 Å². The third kappa shape index (κ3) is 4.72. The molecule has 0 saturated carbocycles.